The zero-order valence-corrected chi connectivity index (χ0v) is 108. The molecule has 139 heavy (non-hydrogen) atoms. The number of ether oxygens (including phenoxy) is 8. The van der Waals surface area contributed by atoms with Gasteiger partial charge < -0.3 is 97.1 Å². The van der Waals surface area contributed by atoms with Crippen LogP contribution < -0.4 is 194 Å². The molecule has 0 aliphatic carbocycles. The van der Waals surface area contributed by atoms with Gasteiger partial charge in [-0.2, -0.15) is 0 Å². The van der Waals surface area contributed by atoms with Crippen LogP contribution in [0.4, 0.5) is 4.79 Å². The van der Waals surface area contributed by atoms with Gasteiger partial charge in [0.1, 0.15) is 5.60 Å². The smallest absolute Gasteiger partial charge is 1.00 e. The maximum atomic E-state index is 11.7. The maximum Gasteiger partial charge on any atom is 1.00 e. The summed E-state index contributed by atoms with van der Waals surface area (Å²) < 4.78 is 36.2. The maximum absolute atomic E-state index is 11.7. The fraction of sp³-hybridized carbons (Fsp3) is 0.551. The average Bonchev–Trinajstić information content (AvgIpc) is 0.820. The van der Waals surface area contributed by atoms with Crippen molar-refractivity contribution in [2.24, 2.45) is 22.5 Å². The van der Waals surface area contributed by atoms with Crippen molar-refractivity contribution in [1.82, 2.24) is 16.0 Å². The van der Waals surface area contributed by atoms with Crippen LogP contribution in [0.3, 0.4) is 0 Å². The molecule has 32 heteroatoms. The molecule has 0 fully saturated rings. The van der Waals surface area contributed by atoms with Crippen LogP contribution in [0.5, 0.6) is 0 Å². The van der Waals surface area contributed by atoms with Gasteiger partial charge in [-0.1, -0.05) is 300 Å². The number of alkyl halides is 1. The summed E-state index contributed by atoms with van der Waals surface area (Å²) in [5, 5.41) is 49.5. The van der Waals surface area contributed by atoms with Crippen LogP contribution >= 0.6 is 32.9 Å². The summed E-state index contributed by atoms with van der Waals surface area (Å²) in [4.78, 5) is 65.0. The van der Waals surface area contributed by atoms with Crippen LogP contribution in [0.15, 0.2) is 212 Å². The molecular formula is C107H195B2Br2Cs2N4NaO21. The van der Waals surface area contributed by atoms with E-state index in [0.717, 1.165) is 76.4 Å². The number of esters is 2. The van der Waals surface area contributed by atoms with Gasteiger partial charge in [-0.25, -0.2) is 4.79 Å². The summed E-state index contributed by atoms with van der Waals surface area (Å²) in [5.41, 5.74) is 13.1. The number of nitrogens with one attached hydrogen (secondary N) is 3. The van der Waals surface area contributed by atoms with E-state index in [1.165, 1.54) is 27.8 Å². The Labute approximate surface area is 1010 Å². The first-order valence-electron chi connectivity index (χ1n) is 42.5. The second-order valence-corrected chi connectivity index (χ2v) is 32.9. The molecule has 0 saturated carbocycles. The summed E-state index contributed by atoms with van der Waals surface area (Å²) in [5.74, 6) is -1.83. The number of alkyl carbamates (subject to hydrolysis) is 1. The molecule has 0 unspecified atom stereocenters. The molecule has 10 N–H and O–H groups in total. The van der Waals surface area contributed by atoms with Crippen LogP contribution in [0.1, 0.15) is 236 Å². The Kier molecular flexibility index (Phi) is 177. The topological polar surface area (TPSA) is 382 Å². The van der Waals surface area contributed by atoms with Gasteiger partial charge in [0.15, 0.2) is 0 Å². The second-order valence-electron chi connectivity index (χ2n) is 32.4. The van der Waals surface area contributed by atoms with Crippen LogP contribution in [0.25, 0.3) is 0 Å². The number of carboxylic acid groups (broad SMARTS) is 2. The van der Waals surface area contributed by atoms with Gasteiger partial charge >= 0.3 is 191 Å². The summed E-state index contributed by atoms with van der Waals surface area (Å²) in [7, 11) is 18.2. The van der Waals surface area contributed by atoms with E-state index in [2.05, 4.69) is 204 Å². The quantitative estimate of drug-likeness (QED) is 0.00530. The first-order chi connectivity index (χ1) is 59.9. The average molecular weight is 2340 g/mol. The molecule has 0 aromatic heterocycles. The van der Waals surface area contributed by atoms with Crippen LogP contribution in [-0.4, -0.2) is 219 Å². The van der Waals surface area contributed by atoms with E-state index in [9.17, 15) is 19.2 Å². The zero-order valence-electron chi connectivity index (χ0n) is 91.4. The van der Waals surface area contributed by atoms with Crippen molar-refractivity contribution in [3.63, 3.8) is 0 Å². The van der Waals surface area contributed by atoms with Gasteiger partial charge in [-0.05, 0) is 208 Å². The van der Waals surface area contributed by atoms with E-state index < -0.39 is 28.4 Å². The SMILES string of the molecule is Br.BrCc1ccccc1.C.C.C.C.CC.CC(=O)O.CC(C)(Cc1ccccc1)C(=O)O.CC(C)(Cc1ccccc1)NC(=O)OC(C)(C)C.CC(C)(N)Cc1ccccc1.CCNC(C)(C)Cc1ccccc1.CCNC(C)(C)Cc1ccccc1.CCOC(=O)C(C)(C)Cc1ccccc1.CCOC(=O)C(C)C.CO.CO.COC.COC.COC.COC.COC.O=CO[O-].[B].[B].[Cs+].[Cs+].[H-].[Na+].[OH-]. The van der Waals surface area contributed by atoms with Crippen molar-refractivity contribution in [3.8, 4) is 0 Å². The molecule has 7 aromatic carbocycles. The van der Waals surface area contributed by atoms with Gasteiger partial charge in [0.05, 0.1) is 30.0 Å². The van der Waals surface area contributed by atoms with E-state index in [1.54, 1.807) is 91.9 Å². The molecule has 0 heterocycles. The molecule has 6 radical (unpaired) electrons. The summed E-state index contributed by atoms with van der Waals surface area (Å²) in [6.07, 6.45) is 4.79. The predicted octanol–water partition coefficient (Wildman–Crippen LogP) is 13.1. The number of likely N-dealkylation sites (N-methyl/N-ethyl adjacent to an activating group) is 2. The van der Waals surface area contributed by atoms with E-state index >= 15 is 0 Å². The number of aliphatic carboxylic acids is 2. The summed E-state index contributed by atoms with van der Waals surface area (Å²) in [6.45, 7) is 49.3. The van der Waals surface area contributed by atoms with E-state index in [0.29, 0.717) is 26.1 Å². The number of aliphatic hydroxyl groups excluding tert-OH is 2. The molecule has 0 aliphatic heterocycles. The third-order valence-electron chi connectivity index (χ3n) is 14.3. The van der Waals surface area contributed by atoms with Crippen molar-refractivity contribution in [2.75, 3.05) is 112 Å². The third kappa shape index (κ3) is 150. The fourth-order valence-corrected chi connectivity index (χ4v) is 10.1. The predicted molar refractivity (Wildman–Crippen MR) is 585 cm³/mol. The van der Waals surface area contributed by atoms with Crippen molar-refractivity contribution in [3.05, 3.63) is 251 Å². The Morgan fingerprint density at radius 1 is 0.424 bits per heavy atom. The number of rotatable bonds is 24. The number of aliphatic hydroxyl groups is 2. The Balaban J connectivity index is -0.0000000508. The number of halogens is 2. The van der Waals surface area contributed by atoms with Crippen molar-refractivity contribution >= 4 is 86.2 Å². The van der Waals surface area contributed by atoms with Crippen molar-refractivity contribution in [1.29, 1.82) is 0 Å². The Morgan fingerprint density at radius 3 is 0.791 bits per heavy atom. The number of hydrogen-bond donors (Lipinski definition) is 8. The number of nitrogens with two attached hydrogens (primary N) is 1. The number of amides is 1. The van der Waals surface area contributed by atoms with Crippen LogP contribution in [0, 0.1) is 16.7 Å². The summed E-state index contributed by atoms with van der Waals surface area (Å²) >= 11 is 3.36. The number of carbonyl (C=O) groups excluding carboxylic acids is 4. The molecule has 7 aromatic rings. The van der Waals surface area contributed by atoms with Gasteiger partial charge in [0.25, 0.3) is 12.4 Å². The van der Waals surface area contributed by atoms with Crippen molar-refractivity contribution in [2.45, 2.75) is 267 Å². The Morgan fingerprint density at radius 2 is 0.626 bits per heavy atom. The molecule has 0 aliphatic rings. The number of benzene rings is 7. The molecule has 7 rings (SSSR count). The first-order valence-corrected chi connectivity index (χ1v) is 43.6. The largest absolute Gasteiger partial charge is 1.00 e. The van der Waals surface area contributed by atoms with Crippen LogP contribution in [-0.2, 0) is 111 Å². The van der Waals surface area contributed by atoms with E-state index in [-0.39, 0.29) is 290 Å². The molecule has 25 nitrogen and oxygen atoms in total. The van der Waals surface area contributed by atoms with Crippen LogP contribution in [0.2, 0.25) is 0 Å². The molecule has 1 amide bonds. The minimum atomic E-state index is -0.833. The number of hydrogen-bond acceptors (Lipinski definition) is 22. The monoisotopic (exact) mass is 2340 g/mol. The molecule has 0 spiro atoms. The van der Waals surface area contributed by atoms with Gasteiger partial charge in [0, 0.05) is 137 Å². The first kappa shape index (κ1) is 191. The minimum absolute atomic E-state index is 0. The van der Waals surface area contributed by atoms with Crippen molar-refractivity contribution < 1.29 is 271 Å². The standard InChI is InChI=1S/C15H23NO2.C13H18O2.2C12H19N.C11H14O2.C10H15N.C7H7Br.C6H12O2.C2H4O2.5C2H6O.C2H6.CH2O3.2CH4O.4CH4.2B.BrH.2Cs.Na.H2O.H/c1-14(2,3)18-13(17)16-15(4,5)11-12-9-7-6-8-10-12;1-4-15-12(14)13(2,3)10-11-8-6-5-7-9-11;2*1-4-13-12(2,3)10-11-8-6-5-7-9-11;1-11(2,10(12)13)8-9-6-4-3-5-7-9;1-10(2,11)8-9-6-4-3-5-7-9;8-6-7-4-2-1-3-5-7;1-4-8-6(7)5(2)3;1-2(3)4;5*1-3-2;1-2;2-1-4-3;2*1-2;;;;;;;;;;;;/h6-10H,11H2,1-5H3,(H,16,17);5-9H,4,10H2,1-3H3;2*5-9,13H,4,10H2,1-3H3;3-7H,8H2,1-2H3,(H,12,13);3-7H,8,11H2,1-2H3;1-5H,6H2;5H,4H2,1-3H3;1H3,(H,3,4);5*1-2H3;1-2H3;1,3H;2*2H,1H3;4*1H4;;;1H;;;;1H2;/q;;;;;;;;;;;;;;;;;;;;;;;;;3*+1;;-1/p-2. The fourth-order valence-electron chi connectivity index (χ4n) is 9.71. The molecule has 0 atom stereocenters. The normalized spacial score (nSPS) is 9.08. The van der Waals surface area contributed by atoms with Gasteiger partial charge in [-0.15, -0.1) is 17.0 Å². The number of carboxylic acids is 2. The third-order valence-corrected chi connectivity index (χ3v) is 14.9. The Hall–Kier alpha value is -3.13. The zero-order chi connectivity index (χ0) is 102. The second kappa shape index (κ2) is 129. The van der Waals surface area contributed by atoms with E-state index in [4.69, 9.17) is 50.5 Å². The molecule has 0 saturated heterocycles. The molecule has 792 valence electrons. The van der Waals surface area contributed by atoms with E-state index in [1.807, 2.05) is 212 Å². The number of methoxy groups -OCH3 is 5. The molecular weight excluding hydrogens is 2150 g/mol. The minimum Gasteiger partial charge on any atom is -1.00 e. The Bertz CT molecular complexity index is 3490. The van der Waals surface area contributed by atoms with Gasteiger partial charge in [-0.3, -0.25) is 24.0 Å². The van der Waals surface area contributed by atoms with Gasteiger partial charge in [0.2, 0.25) is 0 Å². The summed E-state index contributed by atoms with van der Waals surface area (Å²) in [6, 6.07) is 71.6. The molecule has 0 bridgehead atoms. The number of carbonyl (C=O) groups is 6.